The molecule has 0 aromatic rings. The van der Waals surface area contributed by atoms with Crippen LogP contribution in [0.2, 0.25) is 0 Å². The Bertz CT molecular complexity index is 143. The highest BCUT2D eigenvalue weighted by Gasteiger charge is 2.35. The van der Waals surface area contributed by atoms with Crippen LogP contribution in [0, 0.1) is 0 Å². The van der Waals surface area contributed by atoms with Gasteiger partial charge in [0.25, 0.3) is 0 Å². The lowest BCUT2D eigenvalue weighted by Crippen LogP contribution is -2.47. The second kappa shape index (κ2) is 4.43. The Morgan fingerprint density at radius 1 is 1.50 bits per heavy atom. The van der Waals surface area contributed by atoms with Gasteiger partial charge >= 0.3 is 0 Å². The molecule has 0 aromatic heterocycles. The molecule has 0 saturated carbocycles. The molecule has 0 bridgehead atoms. The van der Waals surface area contributed by atoms with E-state index in [1.807, 2.05) is 0 Å². The third-order valence-electron chi connectivity index (χ3n) is 1.94. The predicted molar refractivity (Wildman–Crippen MR) is 45.9 cm³/mol. The predicted octanol–water partition coefficient (Wildman–Crippen LogP) is -0.822. The minimum atomic E-state index is -0.845. The summed E-state index contributed by atoms with van der Waals surface area (Å²) in [5, 5.41) is 27.5. The average Bonchev–Trinajstić information content (AvgIpc) is 2.09. The molecule has 1 fully saturated rings. The van der Waals surface area contributed by atoms with Gasteiger partial charge in [-0.25, -0.2) is 0 Å². The first-order valence-electron chi connectivity index (χ1n) is 3.84. The van der Waals surface area contributed by atoms with Crippen LogP contribution in [-0.2, 0) is 4.74 Å². The van der Waals surface area contributed by atoms with Crippen molar-refractivity contribution in [1.29, 1.82) is 0 Å². The summed E-state index contributed by atoms with van der Waals surface area (Å²) in [5.74, 6) is 0. The summed E-state index contributed by atoms with van der Waals surface area (Å²) in [6.07, 6.45) is 0.117. The van der Waals surface area contributed by atoms with Gasteiger partial charge < -0.3 is 20.1 Å². The van der Waals surface area contributed by atoms with Crippen LogP contribution in [0.15, 0.2) is 0 Å². The Kier molecular flexibility index (Phi) is 3.79. The van der Waals surface area contributed by atoms with Crippen LogP contribution < -0.4 is 0 Å². The van der Waals surface area contributed by atoms with Crippen molar-refractivity contribution in [3.63, 3.8) is 0 Å². The van der Waals surface area contributed by atoms with Gasteiger partial charge in [0.2, 0.25) is 0 Å². The van der Waals surface area contributed by atoms with E-state index in [4.69, 9.17) is 9.84 Å². The minimum absolute atomic E-state index is 0.110. The highest BCUT2D eigenvalue weighted by molar-refractivity contribution is 7.99. The molecule has 5 heteroatoms. The lowest BCUT2D eigenvalue weighted by atomic mass is 10.0. The molecule has 0 aromatic carbocycles. The Hall–Kier alpha value is 0.190. The van der Waals surface area contributed by atoms with Crippen molar-refractivity contribution >= 4 is 11.8 Å². The molecule has 4 atom stereocenters. The molecule has 1 aliphatic rings. The maximum atomic E-state index is 9.37. The summed E-state index contributed by atoms with van der Waals surface area (Å²) < 4.78 is 5.27. The summed E-state index contributed by atoms with van der Waals surface area (Å²) in [6.45, 7) is -0.110. The van der Waals surface area contributed by atoms with E-state index in [0.29, 0.717) is 6.42 Å². The van der Waals surface area contributed by atoms with Crippen LogP contribution in [-0.4, -0.2) is 51.9 Å². The summed E-state index contributed by atoms with van der Waals surface area (Å²) in [4.78, 5) is 0. The normalized spacial score (nSPS) is 43.0. The van der Waals surface area contributed by atoms with E-state index in [0.717, 1.165) is 0 Å². The first kappa shape index (κ1) is 10.3. The van der Waals surface area contributed by atoms with Gasteiger partial charge in [0.05, 0.1) is 18.8 Å². The molecular formula is C7H14O4S. The number of aliphatic hydroxyl groups excluding tert-OH is 3. The third-order valence-corrected chi connectivity index (χ3v) is 2.79. The van der Waals surface area contributed by atoms with Crippen molar-refractivity contribution in [3.8, 4) is 0 Å². The molecule has 3 N–H and O–H groups in total. The van der Waals surface area contributed by atoms with Gasteiger partial charge in [0.1, 0.15) is 11.5 Å². The second-order valence-corrected chi connectivity index (χ2v) is 3.77. The lowest BCUT2D eigenvalue weighted by Gasteiger charge is -2.35. The van der Waals surface area contributed by atoms with Gasteiger partial charge in [0, 0.05) is 6.42 Å². The zero-order valence-electron chi connectivity index (χ0n) is 6.88. The topological polar surface area (TPSA) is 69.9 Å². The van der Waals surface area contributed by atoms with E-state index in [2.05, 4.69) is 0 Å². The van der Waals surface area contributed by atoms with Crippen LogP contribution in [0.5, 0.6) is 0 Å². The van der Waals surface area contributed by atoms with E-state index >= 15 is 0 Å². The molecule has 1 aliphatic heterocycles. The summed E-state index contributed by atoms with van der Waals surface area (Å²) in [7, 11) is 0. The van der Waals surface area contributed by atoms with Crippen molar-refractivity contribution < 1.29 is 20.1 Å². The number of hydrogen-bond acceptors (Lipinski definition) is 5. The smallest absolute Gasteiger partial charge is 0.131 e. The number of ether oxygens (including phenoxy) is 1. The molecule has 12 heavy (non-hydrogen) atoms. The van der Waals surface area contributed by atoms with E-state index in [-0.39, 0.29) is 12.7 Å². The van der Waals surface area contributed by atoms with Crippen LogP contribution in [0.25, 0.3) is 0 Å². The summed E-state index contributed by atoms with van der Waals surface area (Å²) >= 11 is 1.33. The number of thioether (sulfide) groups is 1. The summed E-state index contributed by atoms with van der Waals surface area (Å²) in [6, 6.07) is 0. The fourth-order valence-corrected chi connectivity index (χ4v) is 1.96. The van der Waals surface area contributed by atoms with Gasteiger partial charge in [-0.05, 0) is 6.26 Å². The van der Waals surface area contributed by atoms with E-state index < -0.39 is 17.6 Å². The zero-order chi connectivity index (χ0) is 9.14. The quantitative estimate of drug-likeness (QED) is 0.536. The molecule has 1 saturated heterocycles. The largest absolute Gasteiger partial charge is 0.394 e. The first-order chi connectivity index (χ1) is 5.69. The molecule has 1 rings (SSSR count). The molecule has 4 nitrogen and oxygen atoms in total. The monoisotopic (exact) mass is 194 g/mol. The Balaban J connectivity index is 2.52. The maximum absolute atomic E-state index is 9.37. The highest BCUT2D eigenvalue weighted by Crippen LogP contribution is 2.25. The Morgan fingerprint density at radius 3 is 2.67 bits per heavy atom. The molecule has 72 valence electrons. The molecule has 4 unspecified atom stereocenters. The van der Waals surface area contributed by atoms with Crippen molar-refractivity contribution in [1.82, 2.24) is 0 Å². The van der Waals surface area contributed by atoms with Crippen LogP contribution >= 0.6 is 11.8 Å². The SMILES string of the molecule is CSC1OC(CO)CC(O)C1O. The van der Waals surface area contributed by atoms with E-state index in [1.165, 1.54) is 11.8 Å². The van der Waals surface area contributed by atoms with Crippen molar-refractivity contribution in [2.75, 3.05) is 12.9 Å². The van der Waals surface area contributed by atoms with Gasteiger partial charge in [-0.3, -0.25) is 0 Å². The van der Waals surface area contributed by atoms with Crippen molar-refractivity contribution in [2.45, 2.75) is 30.2 Å². The highest BCUT2D eigenvalue weighted by atomic mass is 32.2. The molecule has 0 amide bonds. The Morgan fingerprint density at radius 2 is 2.17 bits per heavy atom. The fraction of sp³-hybridized carbons (Fsp3) is 1.00. The minimum Gasteiger partial charge on any atom is -0.394 e. The Labute approximate surface area is 75.5 Å². The molecular weight excluding hydrogens is 180 g/mol. The standard InChI is InChI=1S/C7H14O4S/c1-12-7-6(10)5(9)2-4(3-8)11-7/h4-10H,2-3H2,1H3. The fourth-order valence-electron chi connectivity index (χ4n) is 1.23. The van der Waals surface area contributed by atoms with Crippen LogP contribution in [0.4, 0.5) is 0 Å². The number of hydrogen-bond donors (Lipinski definition) is 3. The van der Waals surface area contributed by atoms with Crippen molar-refractivity contribution in [3.05, 3.63) is 0 Å². The van der Waals surface area contributed by atoms with Gasteiger partial charge in [-0.15, -0.1) is 11.8 Å². The first-order valence-corrected chi connectivity index (χ1v) is 5.13. The lowest BCUT2D eigenvalue weighted by molar-refractivity contribution is -0.145. The number of rotatable bonds is 2. The van der Waals surface area contributed by atoms with Gasteiger partial charge in [-0.2, -0.15) is 0 Å². The molecule has 1 heterocycles. The molecule has 0 spiro atoms. The molecule has 0 radical (unpaired) electrons. The van der Waals surface area contributed by atoms with Crippen LogP contribution in [0.1, 0.15) is 6.42 Å². The third kappa shape index (κ3) is 2.11. The van der Waals surface area contributed by atoms with E-state index in [1.54, 1.807) is 6.26 Å². The summed E-state index contributed by atoms with van der Waals surface area (Å²) in [5.41, 5.74) is -0.425. The van der Waals surface area contributed by atoms with Gasteiger partial charge in [-0.1, -0.05) is 0 Å². The van der Waals surface area contributed by atoms with E-state index in [9.17, 15) is 10.2 Å². The van der Waals surface area contributed by atoms with Gasteiger partial charge in [0.15, 0.2) is 0 Å². The zero-order valence-corrected chi connectivity index (χ0v) is 7.70. The second-order valence-electron chi connectivity index (χ2n) is 2.84. The number of aliphatic hydroxyl groups is 3. The van der Waals surface area contributed by atoms with Crippen molar-refractivity contribution in [2.24, 2.45) is 0 Å². The maximum Gasteiger partial charge on any atom is 0.131 e. The average molecular weight is 194 g/mol. The molecule has 0 aliphatic carbocycles. The van der Waals surface area contributed by atoms with Crippen LogP contribution in [0.3, 0.4) is 0 Å².